The average Bonchev–Trinajstić information content (AvgIpc) is 3.38. The van der Waals surface area contributed by atoms with Crippen molar-refractivity contribution in [1.82, 2.24) is 30.7 Å². The van der Waals surface area contributed by atoms with Crippen molar-refractivity contribution in [2.24, 2.45) is 4.99 Å². The summed E-state index contributed by atoms with van der Waals surface area (Å²) >= 11 is 0. The number of carbonyl (C=O) groups excluding carboxylic acids is 1. The molecule has 0 bridgehead atoms. The smallest absolute Gasteiger partial charge is 0.409 e. The molecule has 0 radical (unpaired) electrons. The first kappa shape index (κ1) is 22.0. The first-order valence-corrected chi connectivity index (χ1v) is 9.02. The lowest BCUT2D eigenvalue weighted by Gasteiger charge is -2.32. The second kappa shape index (κ2) is 10.9. The number of nitrogens with zero attached hydrogens (tertiary/aromatic N) is 4. The van der Waals surface area contributed by atoms with Crippen LogP contribution in [-0.4, -0.2) is 64.9 Å². The number of nitrogens with one attached hydrogen (secondary N) is 3. The Hall–Kier alpha value is -2.31. The molecule has 1 amide bonds. The van der Waals surface area contributed by atoms with Gasteiger partial charge in [0.15, 0.2) is 11.7 Å². The summed E-state index contributed by atoms with van der Waals surface area (Å²) in [5.74, 6) is 2.49. The van der Waals surface area contributed by atoms with E-state index in [1.54, 1.807) is 17.2 Å². The molecule has 3 heterocycles. The van der Waals surface area contributed by atoms with Crippen LogP contribution in [-0.2, 0) is 11.3 Å². The van der Waals surface area contributed by atoms with Crippen LogP contribution < -0.4 is 10.6 Å². The minimum atomic E-state index is -0.272. The predicted molar refractivity (Wildman–Crippen MR) is 114 cm³/mol. The molecule has 3 rings (SSSR count). The summed E-state index contributed by atoms with van der Waals surface area (Å²) in [5, 5.41) is 13.7. The maximum Gasteiger partial charge on any atom is 0.409 e. The first-order chi connectivity index (χ1) is 13.2. The number of aromatic nitrogens is 3. The van der Waals surface area contributed by atoms with Gasteiger partial charge in [-0.15, -0.1) is 29.1 Å². The molecule has 0 unspecified atom stereocenters. The molecule has 154 valence electrons. The van der Waals surface area contributed by atoms with Crippen LogP contribution in [0.15, 0.2) is 27.8 Å². The van der Waals surface area contributed by atoms with E-state index in [0.29, 0.717) is 43.0 Å². The third-order valence-corrected chi connectivity index (χ3v) is 4.27. The number of carbonyl (C=O) groups is 1. The van der Waals surface area contributed by atoms with E-state index < -0.39 is 0 Å². The van der Waals surface area contributed by atoms with E-state index >= 15 is 0 Å². The van der Waals surface area contributed by atoms with Gasteiger partial charge in [-0.1, -0.05) is 0 Å². The van der Waals surface area contributed by atoms with Crippen molar-refractivity contribution < 1.29 is 13.9 Å². The molecular weight excluding hydrogens is 477 g/mol. The summed E-state index contributed by atoms with van der Waals surface area (Å²) in [6.45, 7) is 4.46. The van der Waals surface area contributed by atoms with Gasteiger partial charge >= 0.3 is 6.09 Å². The molecule has 1 fully saturated rings. The zero-order chi connectivity index (χ0) is 19.1. The number of halogens is 1. The first-order valence-electron chi connectivity index (χ1n) is 9.02. The van der Waals surface area contributed by atoms with Gasteiger partial charge in [0.05, 0.1) is 13.4 Å². The van der Waals surface area contributed by atoms with Crippen LogP contribution in [0.4, 0.5) is 4.79 Å². The molecule has 0 saturated carbocycles. The van der Waals surface area contributed by atoms with Gasteiger partial charge in [0, 0.05) is 25.7 Å². The standard InChI is InChI=1S/C17H25N7O3.HI/c1-3-18-16(20-12-6-8-24(9-7-12)17(25)26-2)19-11-14-21-15(23-22-14)13-5-4-10-27-13;/h4-5,10,12H,3,6-9,11H2,1-2H3,(H2,18,19,20)(H,21,22,23);1H. The Balaban J connectivity index is 0.00000280. The van der Waals surface area contributed by atoms with E-state index in [-0.39, 0.29) is 36.1 Å². The minimum Gasteiger partial charge on any atom is -0.461 e. The van der Waals surface area contributed by atoms with Crippen LogP contribution in [0.2, 0.25) is 0 Å². The number of H-pyrrole nitrogens is 1. The molecule has 1 aliphatic rings. The van der Waals surface area contributed by atoms with E-state index in [2.05, 4.69) is 30.8 Å². The second-order valence-corrected chi connectivity index (χ2v) is 6.15. The third-order valence-electron chi connectivity index (χ3n) is 4.27. The van der Waals surface area contributed by atoms with Crippen LogP contribution >= 0.6 is 24.0 Å². The van der Waals surface area contributed by atoms with Gasteiger partial charge in [-0.05, 0) is 31.9 Å². The van der Waals surface area contributed by atoms with Gasteiger partial charge in [-0.2, -0.15) is 0 Å². The summed E-state index contributed by atoms with van der Waals surface area (Å²) in [7, 11) is 1.41. The zero-order valence-electron chi connectivity index (χ0n) is 16.0. The molecule has 3 N–H and O–H groups in total. The van der Waals surface area contributed by atoms with Gasteiger partial charge < -0.3 is 24.7 Å². The van der Waals surface area contributed by atoms with Crippen molar-refractivity contribution in [3.63, 3.8) is 0 Å². The summed E-state index contributed by atoms with van der Waals surface area (Å²) in [6.07, 6.45) is 2.99. The normalized spacial score (nSPS) is 15.1. The molecule has 2 aromatic rings. The summed E-state index contributed by atoms with van der Waals surface area (Å²) in [5.41, 5.74) is 0. The van der Waals surface area contributed by atoms with Crippen LogP contribution in [0.3, 0.4) is 0 Å². The molecule has 0 aromatic carbocycles. The second-order valence-electron chi connectivity index (χ2n) is 6.15. The largest absolute Gasteiger partial charge is 0.461 e. The quantitative estimate of drug-likeness (QED) is 0.324. The van der Waals surface area contributed by atoms with Crippen molar-refractivity contribution in [3.8, 4) is 11.6 Å². The van der Waals surface area contributed by atoms with Crippen molar-refractivity contribution in [3.05, 3.63) is 24.2 Å². The monoisotopic (exact) mass is 503 g/mol. The zero-order valence-corrected chi connectivity index (χ0v) is 18.3. The summed E-state index contributed by atoms with van der Waals surface area (Å²) < 4.78 is 10.1. The predicted octanol–water partition coefficient (Wildman–Crippen LogP) is 1.97. The molecule has 10 nitrogen and oxygen atoms in total. The number of methoxy groups -OCH3 is 1. The average molecular weight is 503 g/mol. The van der Waals surface area contributed by atoms with Crippen molar-refractivity contribution in [1.29, 1.82) is 0 Å². The van der Waals surface area contributed by atoms with E-state index in [0.717, 1.165) is 19.4 Å². The van der Waals surface area contributed by atoms with E-state index in [1.165, 1.54) is 7.11 Å². The number of furan rings is 1. The van der Waals surface area contributed by atoms with Crippen molar-refractivity contribution in [2.45, 2.75) is 32.4 Å². The molecule has 28 heavy (non-hydrogen) atoms. The fourth-order valence-electron chi connectivity index (χ4n) is 2.88. The number of rotatable bonds is 5. The Morgan fingerprint density at radius 2 is 2.25 bits per heavy atom. The fraction of sp³-hybridized carbons (Fsp3) is 0.529. The highest BCUT2D eigenvalue weighted by atomic mass is 127. The number of likely N-dealkylation sites (tertiary alicyclic amines) is 1. The summed E-state index contributed by atoms with van der Waals surface area (Å²) in [4.78, 5) is 22.2. The highest BCUT2D eigenvalue weighted by Crippen LogP contribution is 2.14. The Kier molecular flexibility index (Phi) is 8.54. The molecule has 1 aliphatic heterocycles. The molecular formula is C17H26IN7O3. The molecule has 11 heteroatoms. The molecule has 0 spiro atoms. The van der Waals surface area contributed by atoms with E-state index in [1.807, 2.05) is 13.0 Å². The van der Waals surface area contributed by atoms with Gasteiger partial charge in [0.2, 0.25) is 5.82 Å². The number of hydrogen-bond donors (Lipinski definition) is 3. The number of piperidine rings is 1. The number of aromatic amines is 1. The third kappa shape index (κ3) is 5.84. The van der Waals surface area contributed by atoms with Crippen molar-refractivity contribution >= 4 is 36.0 Å². The maximum atomic E-state index is 11.6. The minimum absolute atomic E-state index is 0. The highest BCUT2D eigenvalue weighted by Gasteiger charge is 2.23. The van der Waals surface area contributed by atoms with Crippen molar-refractivity contribution in [2.75, 3.05) is 26.7 Å². The molecule has 2 aromatic heterocycles. The number of amides is 1. The number of guanidine groups is 1. The molecule has 1 saturated heterocycles. The lowest BCUT2D eigenvalue weighted by atomic mass is 10.1. The Morgan fingerprint density at radius 1 is 1.46 bits per heavy atom. The van der Waals surface area contributed by atoms with Gasteiger partial charge in [0.25, 0.3) is 0 Å². The maximum absolute atomic E-state index is 11.6. The van der Waals surface area contributed by atoms with Gasteiger partial charge in [-0.25, -0.2) is 14.8 Å². The number of ether oxygens (including phenoxy) is 1. The SMILES string of the molecule is CCNC(=NCc1nc(-c2ccco2)n[nH]1)NC1CCN(C(=O)OC)CC1.I. The van der Waals surface area contributed by atoms with E-state index in [9.17, 15) is 4.79 Å². The lowest BCUT2D eigenvalue weighted by Crippen LogP contribution is -2.49. The Labute approximate surface area is 180 Å². The Bertz CT molecular complexity index is 755. The number of aliphatic imine (C=N–C) groups is 1. The van der Waals surface area contributed by atoms with E-state index in [4.69, 9.17) is 9.15 Å². The number of hydrogen-bond acceptors (Lipinski definition) is 6. The highest BCUT2D eigenvalue weighted by molar-refractivity contribution is 14.0. The van der Waals surface area contributed by atoms with Crippen LogP contribution in [0.1, 0.15) is 25.6 Å². The Morgan fingerprint density at radius 3 is 2.89 bits per heavy atom. The van der Waals surface area contributed by atoms with Crippen LogP contribution in [0.25, 0.3) is 11.6 Å². The molecule has 0 atom stereocenters. The van der Waals surface area contributed by atoms with Gasteiger partial charge in [0.1, 0.15) is 12.4 Å². The topological polar surface area (TPSA) is 121 Å². The lowest BCUT2D eigenvalue weighted by molar-refractivity contribution is 0.111. The van der Waals surface area contributed by atoms with Gasteiger partial charge in [-0.3, -0.25) is 5.10 Å². The molecule has 0 aliphatic carbocycles. The fourth-order valence-corrected chi connectivity index (χ4v) is 2.88. The van der Waals surface area contributed by atoms with Crippen LogP contribution in [0.5, 0.6) is 0 Å². The van der Waals surface area contributed by atoms with Crippen LogP contribution in [0, 0.1) is 0 Å². The summed E-state index contributed by atoms with van der Waals surface area (Å²) in [6, 6.07) is 3.85.